The van der Waals surface area contributed by atoms with Crippen LogP contribution < -0.4 is 10.4 Å². The average Bonchev–Trinajstić information content (AvgIpc) is 3.10. The summed E-state index contributed by atoms with van der Waals surface area (Å²) in [6.07, 6.45) is -0.750. The second kappa shape index (κ2) is 8.07. The Balaban J connectivity index is 2.08. The third kappa shape index (κ3) is 3.72. The Morgan fingerprint density at radius 2 is 1.57 bits per heavy atom. The molecule has 1 aliphatic heterocycles. The molecule has 1 aliphatic rings. The van der Waals surface area contributed by atoms with Crippen LogP contribution in [0.15, 0.2) is 60.7 Å². The van der Waals surface area contributed by atoms with Gasteiger partial charge < -0.3 is 19.5 Å². The van der Waals surface area contributed by atoms with Gasteiger partial charge in [0.05, 0.1) is 18.8 Å². The summed E-state index contributed by atoms with van der Waals surface area (Å²) in [7, 11) is -2.72. The van der Waals surface area contributed by atoms with Crippen LogP contribution in [0.5, 0.6) is 0 Å². The van der Waals surface area contributed by atoms with Gasteiger partial charge in [0.25, 0.3) is 8.32 Å². The highest BCUT2D eigenvalue weighted by atomic mass is 28.4. The first-order valence-electron chi connectivity index (χ1n) is 9.69. The fourth-order valence-corrected chi connectivity index (χ4v) is 8.99. The number of carboxylic acid groups (broad SMARTS) is 1. The quantitative estimate of drug-likeness (QED) is 0.759. The summed E-state index contributed by atoms with van der Waals surface area (Å²) in [4.78, 5) is 12.9. The van der Waals surface area contributed by atoms with Gasteiger partial charge in [-0.15, -0.1) is 0 Å². The summed E-state index contributed by atoms with van der Waals surface area (Å²) in [6.45, 7) is 6.70. The second-order valence-corrected chi connectivity index (χ2v) is 12.7. The lowest BCUT2D eigenvalue weighted by molar-refractivity contribution is 0.116. The summed E-state index contributed by atoms with van der Waals surface area (Å²) in [5.74, 6) is 0. The number of carbonyl (C=O) groups is 1. The second-order valence-electron chi connectivity index (χ2n) is 8.41. The predicted molar refractivity (Wildman–Crippen MR) is 113 cm³/mol. The van der Waals surface area contributed by atoms with Crippen molar-refractivity contribution in [2.24, 2.45) is 0 Å². The molecule has 0 radical (unpaired) electrons. The fraction of sp³-hybridized carbons (Fsp3) is 0.409. The zero-order valence-electron chi connectivity index (χ0n) is 16.7. The van der Waals surface area contributed by atoms with Gasteiger partial charge >= 0.3 is 6.09 Å². The van der Waals surface area contributed by atoms with Crippen LogP contribution in [-0.4, -0.2) is 54.8 Å². The van der Waals surface area contributed by atoms with Gasteiger partial charge in [-0.05, 0) is 21.8 Å². The van der Waals surface area contributed by atoms with Crippen LogP contribution in [0, 0.1) is 0 Å². The Labute approximate surface area is 167 Å². The Bertz CT molecular complexity index is 752. The number of aliphatic hydroxyl groups excluding tert-OH is 1. The number of amides is 1. The topological polar surface area (TPSA) is 70.0 Å². The molecular formula is C22H29NO4Si. The third-order valence-electron chi connectivity index (χ3n) is 5.59. The van der Waals surface area contributed by atoms with Gasteiger partial charge in [0.15, 0.2) is 0 Å². The first-order chi connectivity index (χ1) is 13.3. The van der Waals surface area contributed by atoms with Crippen LogP contribution >= 0.6 is 0 Å². The van der Waals surface area contributed by atoms with E-state index in [1.807, 2.05) is 36.4 Å². The molecule has 0 spiro atoms. The molecule has 0 saturated carbocycles. The maximum Gasteiger partial charge on any atom is 0.407 e. The molecule has 28 heavy (non-hydrogen) atoms. The standard InChI is InChI=1S/C22H29NO4Si/c1-22(2,3)28(19-10-6-4-7-11-19,20-12-8-5-9-13-20)27-18-14-17(16-24)23(15-18)21(25)26/h4-13,17-18,24H,14-16H2,1-3H3,(H,25,26). The number of likely N-dealkylation sites (tertiary alicyclic amines) is 1. The van der Waals surface area contributed by atoms with Gasteiger partial charge in [-0.3, -0.25) is 0 Å². The smallest absolute Gasteiger partial charge is 0.407 e. The molecule has 2 atom stereocenters. The number of hydrogen-bond donors (Lipinski definition) is 2. The minimum atomic E-state index is -2.72. The number of nitrogens with zero attached hydrogens (tertiary/aromatic N) is 1. The monoisotopic (exact) mass is 399 g/mol. The third-order valence-corrected chi connectivity index (χ3v) is 10.7. The molecule has 150 valence electrons. The fourth-order valence-electron chi connectivity index (χ4n) is 4.31. The van der Waals surface area contributed by atoms with Crippen LogP contribution in [0.3, 0.4) is 0 Å². The minimum Gasteiger partial charge on any atom is -0.465 e. The Morgan fingerprint density at radius 1 is 1.07 bits per heavy atom. The maximum absolute atomic E-state index is 11.6. The highest BCUT2D eigenvalue weighted by molar-refractivity contribution is 6.99. The van der Waals surface area contributed by atoms with E-state index in [9.17, 15) is 15.0 Å². The van der Waals surface area contributed by atoms with Crippen molar-refractivity contribution in [3.8, 4) is 0 Å². The van der Waals surface area contributed by atoms with Crippen LogP contribution in [-0.2, 0) is 4.43 Å². The lowest BCUT2D eigenvalue weighted by Crippen LogP contribution is -2.67. The van der Waals surface area contributed by atoms with Gasteiger partial charge in [-0.1, -0.05) is 81.4 Å². The summed E-state index contributed by atoms with van der Waals surface area (Å²) in [6, 6.07) is 20.2. The molecule has 3 rings (SSSR count). The van der Waals surface area contributed by atoms with Gasteiger partial charge in [-0.25, -0.2) is 4.79 Å². The molecule has 2 aromatic carbocycles. The highest BCUT2D eigenvalue weighted by Crippen LogP contribution is 2.39. The number of hydrogen-bond acceptors (Lipinski definition) is 3. The van der Waals surface area contributed by atoms with E-state index in [4.69, 9.17) is 4.43 Å². The van der Waals surface area contributed by atoms with Crippen LogP contribution in [0.1, 0.15) is 27.2 Å². The molecule has 1 amide bonds. The van der Waals surface area contributed by atoms with E-state index in [2.05, 4.69) is 45.0 Å². The number of benzene rings is 2. The average molecular weight is 400 g/mol. The van der Waals surface area contributed by atoms with Crippen molar-refractivity contribution in [1.29, 1.82) is 0 Å². The first kappa shape index (κ1) is 20.6. The van der Waals surface area contributed by atoms with E-state index < -0.39 is 20.5 Å². The molecule has 5 nitrogen and oxygen atoms in total. The van der Waals surface area contributed by atoms with Crippen LogP contribution in [0.25, 0.3) is 0 Å². The SMILES string of the molecule is CC(C)(C)[Si](OC1CC(CO)N(C(=O)O)C1)(c1ccccc1)c1ccccc1. The zero-order valence-corrected chi connectivity index (χ0v) is 17.7. The van der Waals surface area contributed by atoms with Crippen molar-refractivity contribution in [2.45, 2.75) is 44.4 Å². The van der Waals surface area contributed by atoms with Crippen molar-refractivity contribution < 1.29 is 19.4 Å². The molecular weight excluding hydrogens is 370 g/mol. The summed E-state index contributed by atoms with van der Waals surface area (Å²) < 4.78 is 6.97. The van der Waals surface area contributed by atoms with Gasteiger partial charge in [0.1, 0.15) is 0 Å². The summed E-state index contributed by atoms with van der Waals surface area (Å²) in [5.41, 5.74) is 0. The zero-order chi connectivity index (χ0) is 20.4. The van der Waals surface area contributed by atoms with E-state index >= 15 is 0 Å². The number of aliphatic hydroxyl groups is 1. The molecule has 1 saturated heterocycles. The molecule has 1 fully saturated rings. The van der Waals surface area contributed by atoms with E-state index in [1.165, 1.54) is 15.3 Å². The van der Waals surface area contributed by atoms with Gasteiger partial charge in [0.2, 0.25) is 0 Å². The van der Waals surface area contributed by atoms with Crippen LogP contribution in [0.4, 0.5) is 4.79 Å². The van der Waals surface area contributed by atoms with Crippen molar-refractivity contribution >= 4 is 24.8 Å². The number of rotatable bonds is 5. The van der Waals surface area contributed by atoms with Crippen molar-refractivity contribution in [2.75, 3.05) is 13.2 Å². The normalized spacial score (nSPS) is 20.4. The largest absolute Gasteiger partial charge is 0.465 e. The van der Waals surface area contributed by atoms with Crippen molar-refractivity contribution in [3.63, 3.8) is 0 Å². The van der Waals surface area contributed by atoms with E-state index in [0.717, 1.165) is 0 Å². The predicted octanol–water partition coefficient (Wildman–Crippen LogP) is 2.68. The van der Waals surface area contributed by atoms with Crippen molar-refractivity contribution in [1.82, 2.24) is 4.90 Å². The Kier molecular flexibility index (Phi) is 5.93. The van der Waals surface area contributed by atoms with Crippen LogP contribution in [0.2, 0.25) is 5.04 Å². The molecule has 1 heterocycles. The molecule has 0 aromatic heterocycles. The molecule has 2 aromatic rings. The van der Waals surface area contributed by atoms with Crippen molar-refractivity contribution in [3.05, 3.63) is 60.7 Å². The Hall–Kier alpha value is -2.15. The summed E-state index contributed by atoms with van der Waals surface area (Å²) >= 11 is 0. The highest BCUT2D eigenvalue weighted by Gasteiger charge is 2.52. The molecule has 2 unspecified atom stereocenters. The lowest BCUT2D eigenvalue weighted by atomic mass is 10.2. The molecule has 2 N–H and O–H groups in total. The van der Waals surface area contributed by atoms with E-state index in [1.54, 1.807) is 0 Å². The van der Waals surface area contributed by atoms with E-state index in [-0.39, 0.29) is 24.3 Å². The minimum absolute atomic E-state index is 0.166. The Morgan fingerprint density at radius 3 is 1.93 bits per heavy atom. The maximum atomic E-state index is 11.6. The summed E-state index contributed by atoms with van der Waals surface area (Å²) in [5, 5.41) is 21.3. The van der Waals surface area contributed by atoms with E-state index in [0.29, 0.717) is 6.42 Å². The van der Waals surface area contributed by atoms with Gasteiger partial charge in [-0.2, -0.15) is 0 Å². The lowest BCUT2D eigenvalue weighted by Gasteiger charge is -2.44. The first-order valence-corrected chi connectivity index (χ1v) is 11.6. The molecule has 0 aliphatic carbocycles. The molecule has 0 bridgehead atoms. The molecule has 6 heteroatoms. The van der Waals surface area contributed by atoms with Gasteiger partial charge in [0, 0.05) is 6.54 Å².